The molecule has 6 nitrogen and oxygen atoms in total. The first-order valence-electron chi connectivity index (χ1n) is 23.1. The van der Waals surface area contributed by atoms with Gasteiger partial charge < -0.3 is 14.2 Å². The number of hydrogen-bond donors (Lipinski definition) is 0. The molecule has 0 fully saturated rings. The highest BCUT2D eigenvalue weighted by Gasteiger charge is 2.19. The van der Waals surface area contributed by atoms with Crippen molar-refractivity contribution in [2.75, 3.05) is 13.2 Å². The van der Waals surface area contributed by atoms with Gasteiger partial charge in [-0.3, -0.25) is 14.4 Å². The SMILES string of the molecule is CC\C=C/C=C\C=C/C=C\C=C/CCCC(=O)OC(COC(=O)C/C=C\C/C=C\C/C=C\CC)COC(=O)CCCCCCCCCCCC/C=C\C=C/CCCCC. The zero-order valence-corrected chi connectivity index (χ0v) is 37.5. The normalized spacial score (nSPS) is 13.2. The summed E-state index contributed by atoms with van der Waals surface area (Å²) in [6.45, 7) is 6.15. The molecule has 6 heteroatoms. The highest BCUT2D eigenvalue weighted by Crippen LogP contribution is 2.13. The number of allylic oxidation sites excluding steroid dienone is 19. The van der Waals surface area contributed by atoms with Gasteiger partial charge in [0.25, 0.3) is 0 Å². The molecule has 1 atom stereocenters. The molecule has 0 aromatic heterocycles. The number of unbranched alkanes of at least 4 members (excludes halogenated alkanes) is 14. The Labute approximate surface area is 361 Å². The molecule has 0 aliphatic rings. The molecule has 0 saturated carbocycles. The van der Waals surface area contributed by atoms with Crippen molar-refractivity contribution < 1.29 is 28.6 Å². The van der Waals surface area contributed by atoms with Crippen LogP contribution in [0.15, 0.2) is 122 Å². The van der Waals surface area contributed by atoms with E-state index in [4.69, 9.17) is 14.2 Å². The molecule has 0 aliphatic heterocycles. The molecule has 0 aliphatic carbocycles. The maximum Gasteiger partial charge on any atom is 0.309 e. The topological polar surface area (TPSA) is 78.9 Å². The van der Waals surface area contributed by atoms with E-state index >= 15 is 0 Å². The molecule has 0 amide bonds. The van der Waals surface area contributed by atoms with E-state index in [0.29, 0.717) is 19.3 Å². The second kappa shape index (κ2) is 46.5. The smallest absolute Gasteiger partial charge is 0.309 e. The molecule has 0 radical (unpaired) electrons. The fraction of sp³-hybridized carbons (Fsp3) is 0.566. The Bertz CT molecular complexity index is 1300. The van der Waals surface area contributed by atoms with Crippen LogP contribution in [0.25, 0.3) is 0 Å². The lowest BCUT2D eigenvalue weighted by molar-refractivity contribution is -0.166. The summed E-state index contributed by atoms with van der Waals surface area (Å²) in [6, 6.07) is 0. The third-order valence-corrected chi connectivity index (χ3v) is 9.12. The van der Waals surface area contributed by atoms with E-state index in [1.807, 2.05) is 60.8 Å². The van der Waals surface area contributed by atoms with Gasteiger partial charge in [-0.15, -0.1) is 0 Å². The summed E-state index contributed by atoms with van der Waals surface area (Å²) in [7, 11) is 0. The highest BCUT2D eigenvalue weighted by molar-refractivity contribution is 5.72. The molecule has 0 rings (SSSR count). The Morgan fingerprint density at radius 1 is 0.390 bits per heavy atom. The van der Waals surface area contributed by atoms with Crippen LogP contribution in [0.2, 0.25) is 0 Å². The van der Waals surface area contributed by atoms with Crippen LogP contribution in [-0.4, -0.2) is 37.2 Å². The van der Waals surface area contributed by atoms with E-state index in [-0.39, 0.29) is 32.0 Å². The van der Waals surface area contributed by atoms with E-state index in [1.165, 1.54) is 77.0 Å². The van der Waals surface area contributed by atoms with Crippen LogP contribution in [0.4, 0.5) is 0 Å². The van der Waals surface area contributed by atoms with E-state index in [1.54, 1.807) is 6.08 Å². The fourth-order valence-electron chi connectivity index (χ4n) is 5.70. The summed E-state index contributed by atoms with van der Waals surface area (Å²) in [4.78, 5) is 37.6. The lowest BCUT2D eigenvalue weighted by Crippen LogP contribution is -2.30. The Kier molecular flexibility index (Phi) is 43.2. The minimum absolute atomic E-state index is 0.114. The second-order valence-electron chi connectivity index (χ2n) is 14.7. The standard InChI is InChI=1S/C53H82O6/c1-4-7-10-13-16-19-21-23-24-25-26-27-28-30-31-34-37-40-43-46-52(55)58-49-50(48-57-51(54)45-42-39-36-33-18-15-12-9-6-3)59-53(56)47-44-41-38-35-32-29-22-20-17-14-11-8-5-2/h8-9,11-12,14,16-23,29,32-33,35,38-39,42,50H,4-7,10,13,15,24-28,30-31,34,36-37,40-41,43-49H2,1-3H3/b11-8-,12-9-,17-14-,19-16-,22-20-,23-21-,32-29-,33-18-,38-35-,42-39-. The van der Waals surface area contributed by atoms with Crippen LogP contribution in [0.3, 0.4) is 0 Å². The fourth-order valence-corrected chi connectivity index (χ4v) is 5.70. The zero-order chi connectivity index (χ0) is 43.0. The van der Waals surface area contributed by atoms with Gasteiger partial charge in [0.05, 0.1) is 6.42 Å². The first-order valence-corrected chi connectivity index (χ1v) is 23.1. The van der Waals surface area contributed by atoms with Crippen LogP contribution in [0, 0.1) is 0 Å². The largest absolute Gasteiger partial charge is 0.462 e. The number of carbonyl (C=O) groups excluding carboxylic acids is 3. The number of ether oxygens (including phenoxy) is 3. The van der Waals surface area contributed by atoms with E-state index in [9.17, 15) is 14.4 Å². The second-order valence-corrected chi connectivity index (χ2v) is 14.7. The van der Waals surface area contributed by atoms with Gasteiger partial charge in [-0.1, -0.05) is 206 Å². The summed E-state index contributed by atoms with van der Waals surface area (Å²) in [5.41, 5.74) is 0. The molecule has 0 aromatic rings. The average molecular weight is 815 g/mol. The maximum absolute atomic E-state index is 12.7. The molecule has 0 N–H and O–H groups in total. The zero-order valence-electron chi connectivity index (χ0n) is 37.5. The van der Waals surface area contributed by atoms with Crippen LogP contribution in [0.1, 0.15) is 175 Å². The van der Waals surface area contributed by atoms with Crippen molar-refractivity contribution >= 4 is 17.9 Å². The summed E-state index contributed by atoms with van der Waals surface area (Å²) in [6.07, 6.45) is 63.7. The van der Waals surface area contributed by atoms with E-state index in [0.717, 1.165) is 44.9 Å². The Balaban J connectivity index is 4.48. The number of hydrogen-bond acceptors (Lipinski definition) is 6. The minimum Gasteiger partial charge on any atom is -0.462 e. The van der Waals surface area contributed by atoms with Gasteiger partial charge in [-0.05, 0) is 70.6 Å². The third kappa shape index (κ3) is 44.8. The Hall–Kier alpha value is -4.19. The molecule has 0 spiro atoms. The molecule has 0 bridgehead atoms. The Morgan fingerprint density at radius 3 is 1.39 bits per heavy atom. The monoisotopic (exact) mass is 815 g/mol. The van der Waals surface area contributed by atoms with Crippen molar-refractivity contribution in [2.45, 2.75) is 181 Å². The lowest BCUT2D eigenvalue weighted by atomic mass is 10.1. The number of rotatable bonds is 39. The molecule has 0 heterocycles. The first-order chi connectivity index (χ1) is 29.0. The van der Waals surface area contributed by atoms with Crippen molar-refractivity contribution in [3.8, 4) is 0 Å². The van der Waals surface area contributed by atoms with Crippen molar-refractivity contribution in [1.82, 2.24) is 0 Å². The van der Waals surface area contributed by atoms with Crippen molar-refractivity contribution in [2.24, 2.45) is 0 Å². The molecule has 0 aromatic carbocycles. The molecular weight excluding hydrogens is 733 g/mol. The highest BCUT2D eigenvalue weighted by atomic mass is 16.6. The van der Waals surface area contributed by atoms with Gasteiger partial charge in [0, 0.05) is 12.8 Å². The summed E-state index contributed by atoms with van der Waals surface area (Å²) in [5.74, 6) is -1.16. The van der Waals surface area contributed by atoms with Crippen molar-refractivity contribution in [3.05, 3.63) is 122 Å². The van der Waals surface area contributed by atoms with Gasteiger partial charge in [0.1, 0.15) is 13.2 Å². The predicted molar refractivity (Wildman–Crippen MR) is 251 cm³/mol. The molecule has 59 heavy (non-hydrogen) atoms. The van der Waals surface area contributed by atoms with Crippen LogP contribution in [-0.2, 0) is 28.6 Å². The van der Waals surface area contributed by atoms with E-state index < -0.39 is 18.0 Å². The maximum atomic E-state index is 12.7. The first kappa shape index (κ1) is 54.8. The summed E-state index contributed by atoms with van der Waals surface area (Å²) >= 11 is 0. The van der Waals surface area contributed by atoms with Crippen LogP contribution in [0.5, 0.6) is 0 Å². The summed E-state index contributed by atoms with van der Waals surface area (Å²) in [5, 5.41) is 0. The van der Waals surface area contributed by atoms with Gasteiger partial charge in [-0.25, -0.2) is 0 Å². The lowest BCUT2D eigenvalue weighted by Gasteiger charge is -2.18. The van der Waals surface area contributed by atoms with Gasteiger partial charge in [0.2, 0.25) is 0 Å². The van der Waals surface area contributed by atoms with Gasteiger partial charge in [0.15, 0.2) is 6.10 Å². The third-order valence-electron chi connectivity index (χ3n) is 9.12. The summed E-state index contributed by atoms with van der Waals surface area (Å²) < 4.78 is 16.5. The van der Waals surface area contributed by atoms with Gasteiger partial charge >= 0.3 is 17.9 Å². The van der Waals surface area contributed by atoms with Crippen LogP contribution < -0.4 is 0 Å². The molecular formula is C53H82O6. The average Bonchev–Trinajstić information content (AvgIpc) is 3.23. The molecule has 1 unspecified atom stereocenters. The molecule has 330 valence electrons. The number of esters is 3. The van der Waals surface area contributed by atoms with E-state index in [2.05, 4.69) is 75.5 Å². The van der Waals surface area contributed by atoms with Crippen molar-refractivity contribution in [3.63, 3.8) is 0 Å². The quantitative estimate of drug-likeness (QED) is 0.0202. The minimum atomic E-state index is -0.853. The number of carbonyl (C=O) groups is 3. The van der Waals surface area contributed by atoms with Crippen LogP contribution >= 0.6 is 0 Å². The molecule has 0 saturated heterocycles. The Morgan fingerprint density at radius 2 is 0.814 bits per heavy atom. The predicted octanol–water partition coefficient (Wildman–Crippen LogP) is 15.0. The van der Waals surface area contributed by atoms with Gasteiger partial charge in [-0.2, -0.15) is 0 Å². The van der Waals surface area contributed by atoms with Crippen molar-refractivity contribution in [1.29, 1.82) is 0 Å².